The summed E-state index contributed by atoms with van der Waals surface area (Å²) in [5.74, 6) is 2.45. The van der Waals surface area contributed by atoms with Crippen LogP contribution in [0.5, 0.6) is 0 Å². The molecule has 0 unspecified atom stereocenters. The molecule has 1 heterocycles. The lowest BCUT2D eigenvalue weighted by atomic mass is 10.0. The Morgan fingerprint density at radius 2 is 1.74 bits per heavy atom. The van der Waals surface area contributed by atoms with Crippen LogP contribution in [0.3, 0.4) is 0 Å². The van der Waals surface area contributed by atoms with Gasteiger partial charge in [-0.2, -0.15) is 13.2 Å². The van der Waals surface area contributed by atoms with Crippen molar-refractivity contribution < 1.29 is 27.2 Å². The molecular weight excluding hydrogens is 488 g/mol. The van der Waals surface area contributed by atoms with E-state index in [4.69, 9.17) is 11.1 Å². The van der Waals surface area contributed by atoms with E-state index in [2.05, 4.69) is 22.1 Å². The second-order valence-corrected chi connectivity index (χ2v) is 7.03. The van der Waals surface area contributed by atoms with Gasteiger partial charge in [-0.25, -0.2) is 9.37 Å². The summed E-state index contributed by atoms with van der Waals surface area (Å²) in [5.41, 5.74) is 3.45. The van der Waals surface area contributed by atoms with Crippen molar-refractivity contribution in [3.8, 4) is 11.8 Å². The van der Waals surface area contributed by atoms with Crippen molar-refractivity contribution in [2.45, 2.75) is 12.6 Å². The van der Waals surface area contributed by atoms with E-state index in [9.17, 15) is 27.2 Å². The lowest BCUT2D eigenvalue weighted by Crippen LogP contribution is -2.19. The van der Waals surface area contributed by atoms with Crippen LogP contribution in [-0.2, 0) is 6.18 Å². The number of amides is 1. The number of Topliss-reactive ketones (excluding diaryl/α,β-unsaturated/α-hetero) is 1. The summed E-state index contributed by atoms with van der Waals surface area (Å²) in [5, 5.41) is 9.48. The normalized spacial score (nSPS) is 10.4. The number of pyridine rings is 1. The molecule has 0 aliphatic rings. The number of benzene rings is 2. The van der Waals surface area contributed by atoms with E-state index in [0.717, 1.165) is 30.3 Å². The van der Waals surface area contributed by atoms with Crippen molar-refractivity contribution in [1.82, 2.24) is 4.98 Å². The Bertz CT molecular complexity index is 1330. The van der Waals surface area contributed by atoms with Crippen molar-refractivity contribution >= 4 is 35.8 Å². The average molecular weight is 505 g/mol. The minimum Gasteiger partial charge on any atom is -0.387 e. The molecule has 0 atom stereocenters. The molecule has 3 aromatic rings. The maximum atomic E-state index is 13.9. The van der Waals surface area contributed by atoms with Gasteiger partial charge in [0, 0.05) is 22.9 Å². The second kappa shape index (κ2) is 11.3. The van der Waals surface area contributed by atoms with Gasteiger partial charge in [-0.3, -0.25) is 15.0 Å². The number of anilines is 1. The zero-order valence-corrected chi connectivity index (χ0v) is 18.6. The highest BCUT2D eigenvalue weighted by Gasteiger charge is 2.35. The fourth-order valence-corrected chi connectivity index (χ4v) is 2.92. The Morgan fingerprint density at radius 1 is 1.03 bits per heavy atom. The van der Waals surface area contributed by atoms with Crippen LogP contribution in [0.25, 0.3) is 0 Å². The third-order valence-corrected chi connectivity index (χ3v) is 4.40. The van der Waals surface area contributed by atoms with Gasteiger partial charge >= 0.3 is 6.18 Å². The predicted octanol–water partition coefficient (Wildman–Crippen LogP) is 4.82. The molecule has 0 bridgehead atoms. The number of nitrogens with zero attached hydrogens (tertiary/aromatic N) is 1. The monoisotopic (exact) mass is 504 g/mol. The lowest BCUT2D eigenvalue weighted by Gasteiger charge is -2.13. The van der Waals surface area contributed by atoms with Crippen molar-refractivity contribution in [3.63, 3.8) is 0 Å². The fourth-order valence-electron chi connectivity index (χ4n) is 2.92. The summed E-state index contributed by atoms with van der Waals surface area (Å²) in [4.78, 5) is 28.4. The van der Waals surface area contributed by atoms with E-state index in [1.807, 2.05) is 0 Å². The number of hydrogen-bond donors (Lipinski definition) is 3. The van der Waals surface area contributed by atoms with Gasteiger partial charge in [0.25, 0.3) is 5.91 Å². The summed E-state index contributed by atoms with van der Waals surface area (Å²) in [6.07, 6.45) is -3.82. The molecule has 2 aromatic carbocycles. The maximum Gasteiger partial charge on any atom is 0.417 e. The first kappa shape index (κ1) is 27.0. The SMILES string of the molecule is Cl.N=C(N)CC(=O)c1cc(F)cc(C#Cc2ccc(C(F)(F)F)c(C(=O)Nc3ccccn3)c2)c1. The molecule has 180 valence electrons. The van der Waals surface area contributed by atoms with E-state index in [1.165, 1.54) is 18.3 Å². The van der Waals surface area contributed by atoms with Gasteiger partial charge in [0.2, 0.25) is 0 Å². The number of aromatic nitrogens is 1. The first-order valence-electron chi connectivity index (χ1n) is 9.65. The number of amidine groups is 1. The van der Waals surface area contributed by atoms with E-state index in [-0.39, 0.29) is 40.8 Å². The molecule has 6 nitrogen and oxygen atoms in total. The molecule has 0 saturated carbocycles. The minimum atomic E-state index is -4.79. The second-order valence-electron chi connectivity index (χ2n) is 7.03. The van der Waals surface area contributed by atoms with Crippen LogP contribution < -0.4 is 11.1 Å². The van der Waals surface area contributed by atoms with Gasteiger partial charge in [-0.15, -0.1) is 12.4 Å². The molecule has 0 aliphatic heterocycles. The summed E-state index contributed by atoms with van der Waals surface area (Å²) in [6.45, 7) is 0. The molecule has 4 N–H and O–H groups in total. The molecule has 11 heteroatoms. The van der Waals surface area contributed by atoms with Gasteiger partial charge in [0.1, 0.15) is 11.6 Å². The molecule has 0 aliphatic carbocycles. The van der Waals surface area contributed by atoms with E-state index in [0.29, 0.717) is 0 Å². The number of carbonyl (C=O) groups is 2. The number of nitrogens with one attached hydrogen (secondary N) is 2. The third kappa shape index (κ3) is 7.38. The van der Waals surface area contributed by atoms with Gasteiger partial charge in [-0.1, -0.05) is 17.9 Å². The van der Waals surface area contributed by atoms with Crippen LogP contribution >= 0.6 is 12.4 Å². The molecule has 1 aromatic heterocycles. The third-order valence-electron chi connectivity index (χ3n) is 4.40. The molecule has 0 saturated heterocycles. The molecule has 35 heavy (non-hydrogen) atoms. The van der Waals surface area contributed by atoms with Crippen LogP contribution in [0, 0.1) is 23.1 Å². The number of rotatable bonds is 5. The smallest absolute Gasteiger partial charge is 0.387 e. The highest BCUT2D eigenvalue weighted by atomic mass is 35.5. The minimum absolute atomic E-state index is 0. The average Bonchev–Trinajstić information content (AvgIpc) is 2.76. The molecular formula is C24H17ClF4N4O2. The zero-order valence-electron chi connectivity index (χ0n) is 17.7. The van der Waals surface area contributed by atoms with Crippen molar-refractivity contribution in [3.05, 3.63) is 94.4 Å². The first-order chi connectivity index (χ1) is 16.0. The quantitative estimate of drug-likeness (QED) is 0.152. The standard InChI is InChI=1S/C24H16F4N4O2.ClH/c25-17-10-15(9-16(12-17)20(33)13-21(29)30)5-4-14-6-7-19(24(26,27)28)18(11-14)23(34)32-22-3-1-2-8-31-22;/h1-3,6-12H,13H2,(H3,29,30)(H,31,32,34);1H. The Labute approximate surface area is 203 Å². The van der Waals surface area contributed by atoms with Gasteiger partial charge in [0.05, 0.1) is 23.4 Å². The van der Waals surface area contributed by atoms with Crippen LogP contribution in [0.1, 0.15) is 43.8 Å². The number of alkyl halides is 3. The summed E-state index contributed by atoms with van der Waals surface area (Å²) in [7, 11) is 0. The molecule has 0 radical (unpaired) electrons. The van der Waals surface area contributed by atoms with Crippen molar-refractivity contribution in [2.75, 3.05) is 5.32 Å². The van der Waals surface area contributed by atoms with Crippen LogP contribution in [0.15, 0.2) is 60.8 Å². The largest absolute Gasteiger partial charge is 0.417 e. The number of hydrogen-bond acceptors (Lipinski definition) is 4. The highest BCUT2D eigenvalue weighted by Crippen LogP contribution is 2.32. The van der Waals surface area contributed by atoms with Gasteiger partial charge in [0.15, 0.2) is 5.78 Å². The van der Waals surface area contributed by atoms with Gasteiger partial charge in [-0.05, 0) is 48.5 Å². The Morgan fingerprint density at radius 3 is 2.37 bits per heavy atom. The fraction of sp³-hybridized carbons (Fsp3) is 0.0833. The summed E-state index contributed by atoms with van der Waals surface area (Å²) >= 11 is 0. The van der Waals surface area contributed by atoms with Crippen molar-refractivity contribution in [2.24, 2.45) is 5.73 Å². The number of carbonyl (C=O) groups excluding carboxylic acids is 2. The maximum absolute atomic E-state index is 13.9. The number of nitrogens with two attached hydrogens (primary N) is 1. The Hall–Kier alpha value is -4.23. The molecule has 0 spiro atoms. The van der Waals surface area contributed by atoms with Gasteiger partial charge < -0.3 is 11.1 Å². The Kier molecular flexibility index (Phi) is 8.70. The number of halogens is 5. The predicted molar refractivity (Wildman–Crippen MR) is 124 cm³/mol. The van der Waals surface area contributed by atoms with Crippen LogP contribution in [0.4, 0.5) is 23.4 Å². The Balaban J connectivity index is 0.00000432. The topological polar surface area (TPSA) is 109 Å². The summed E-state index contributed by atoms with van der Waals surface area (Å²) in [6, 6.07) is 10.6. The molecule has 1 amide bonds. The first-order valence-corrected chi connectivity index (χ1v) is 9.65. The van der Waals surface area contributed by atoms with Crippen molar-refractivity contribution in [1.29, 1.82) is 5.41 Å². The highest BCUT2D eigenvalue weighted by molar-refractivity contribution is 6.08. The summed E-state index contributed by atoms with van der Waals surface area (Å²) < 4.78 is 54.3. The van der Waals surface area contributed by atoms with E-state index in [1.54, 1.807) is 12.1 Å². The molecule has 3 rings (SSSR count). The van der Waals surface area contributed by atoms with E-state index < -0.39 is 41.2 Å². The molecule has 0 fully saturated rings. The van der Waals surface area contributed by atoms with Crippen LogP contribution in [0.2, 0.25) is 0 Å². The van der Waals surface area contributed by atoms with E-state index >= 15 is 0 Å². The number of ketones is 1. The lowest BCUT2D eigenvalue weighted by molar-refractivity contribution is -0.137. The van der Waals surface area contributed by atoms with Crippen LogP contribution in [-0.4, -0.2) is 22.5 Å². The zero-order chi connectivity index (χ0) is 24.9.